The predicted octanol–water partition coefficient (Wildman–Crippen LogP) is 4.61. The van der Waals surface area contributed by atoms with Crippen molar-refractivity contribution >= 4 is 11.6 Å². The van der Waals surface area contributed by atoms with Crippen LogP contribution in [0.5, 0.6) is 5.75 Å². The van der Waals surface area contributed by atoms with Crippen molar-refractivity contribution in [1.82, 2.24) is 5.32 Å². The summed E-state index contributed by atoms with van der Waals surface area (Å²) in [6.07, 6.45) is 3.09. The first kappa shape index (κ1) is 20.3. The first-order valence-electron chi connectivity index (χ1n) is 9.70. The fourth-order valence-corrected chi connectivity index (χ4v) is 3.66. The van der Waals surface area contributed by atoms with Gasteiger partial charge in [-0.3, -0.25) is 4.79 Å². The number of anilines is 1. The smallest absolute Gasteiger partial charge is 0.267 e. The van der Waals surface area contributed by atoms with E-state index in [1.165, 1.54) is 0 Å². The molecule has 0 bridgehead atoms. The Morgan fingerprint density at radius 1 is 1.12 bits per heavy atom. The number of carbonyl (C=O) groups is 1. The van der Waals surface area contributed by atoms with Gasteiger partial charge in [-0.1, -0.05) is 47.6 Å². The Morgan fingerprint density at radius 2 is 1.73 bits per heavy atom. The second kappa shape index (κ2) is 8.61. The highest BCUT2D eigenvalue weighted by Crippen LogP contribution is 2.34. The van der Waals surface area contributed by atoms with Gasteiger partial charge in [-0.15, -0.1) is 0 Å². The Morgan fingerprint density at radius 3 is 2.19 bits per heavy atom. The van der Waals surface area contributed by atoms with Gasteiger partial charge in [0.1, 0.15) is 11.4 Å². The molecule has 2 atom stereocenters. The van der Waals surface area contributed by atoms with Gasteiger partial charge in [0.05, 0.1) is 19.2 Å². The van der Waals surface area contributed by atoms with E-state index in [1.54, 1.807) is 7.11 Å². The van der Waals surface area contributed by atoms with E-state index in [4.69, 9.17) is 4.74 Å². The molecule has 1 aliphatic rings. The Balaban J connectivity index is 2.56. The average molecular weight is 359 g/mol. The van der Waals surface area contributed by atoms with Gasteiger partial charge in [-0.2, -0.15) is 0 Å². The van der Waals surface area contributed by atoms with E-state index in [2.05, 4.69) is 70.0 Å². The standard InChI is InChI=1S/C22H34N2O2/c1-14(2)12-19-21(16(5)6)23-22(25)20(13-15(3)4)24(19)17-8-10-18(26-7)11-9-17/h8-11,13-16,19,21H,12H2,1-7H3,(H,23,25)/b20-13-/t19-,21+/m0/s1. The molecule has 4 heteroatoms. The quantitative estimate of drug-likeness (QED) is 0.755. The van der Waals surface area contributed by atoms with Crippen LogP contribution < -0.4 is 15.0 Å². The lowest BCUT2D eigenvalue weighted by Gasteiger charge is -2.46. The molecule has 26 heavy (non-hydrogen) atoms. The number of rotatable bonds is 6. The van der Waals surface area contributed by atoms with Crippen molar-refractivity contribution < 1.29 is 9.53 Å². The van der Waals surface area contributed by atoms with Gasteiger partial charge in [0.25, 0.3) is 5.91 Å². The summed E-state index contributed by atoms with van der Waals surface area (Å²) in [6.45, 7) is 13.1. The molecule has 0 unspecified atom stereocenters. The number of methoxy groups -OCH3 is 1. The first-order chi connectivity index (χ1) is 12.2. The van der Waals surface area contributed by atoms with Crippen LogP contribution in [0.25, 0.3) is 0 Å². The fraction of sp³-hybridized carbons (Fsp3) is 0.591. The molecule has 1 amide bonds. The minimum Gasteiger partial charge on any atom is -0.497 e. The summed E-state index contributed by atoms with van der Waals surface area (Å²) < 4.78 is 5.31. The van der Waals surface area contributed by atoms with Crippen molar-refractivity contribution in [3.05, 3.63) is 36.0 Å². The summed E-state index contributed by atoms with van der Waals surface area (Å²) in [6, 6.07) is 8.38. The number of piperazine rings is 1. The normalized spacial score (nSPS) is 22.5. The maximum atomic E-state index is 12.9. The molecule has 0 saturated carbocycles. The lowest BCUT2D eigenvalue weighted by molar-refractivity contribution is -0.120. The summed E-state index contributed by atoms with van der Waals surface area (Å²) in [7, 11) is 1.67. The molecule has 4 nitrogen and oxygen atoms in total. The van der Waals surface area contributed by atoms with Crippen LogP contribution in [0.3, 0.4) is 0 Å². The minimum absolute atomic E-state index is 0.0215. The Hall–Kier alpha value is -1.97. The highest BCUT2D eigenvalue weighted by molar-refractivity contribution is 5.99. The summed E-state index contributed by atoms with van der Waals surface area (Å²) in [5.74, 6) is 2.05. The molecule has 1 N–H and O–H groups in total. The number of nitrogens with one attached hydrogen (secondary N) is 1. The number of hydrogen-bond donors (Lipinski definition) is 1. The maximum Gasteiger partial charge on any atom is 0.267 e. The van der Waals surface area contributed by atoms with Crippen molar-refractivity contribution in [3.63, 3.8) is 0 Å². The molecule has 0 spiro atoms. The fourth-order valence-electron chi connectivity index (χ4n) is 3.66. The van der Waals surface area contributed by atoms with Crippen LogP contribution in [-0.4, -0.2) is 25.1 Å². The third-order valence-corrected chi connectivity index (χ3v) is 4.81. The molecule has 2 rings (SSSR count). The second-order valence-corrected chi connectivity index (χ2v) is 8.30. The third-order valence-electron chi connectivity index (χ3n) is 4.81. The SMILES string of the molecule is COc1ccc(N2/C(=C\C(C)C)C(=O)N[C@H](C(C)C)[C@@H]2CC(C)C)cc1. The van der Waals surface area contributed by atoms with Gasteiger partial charge < -0.3 is 15.0 Å². The van der Waals surface area contributed by atoms with E-state index in [1.807, 2.05) is 12.1 Å². The lowest BCUT2D eigenvalue weighted by atomic mass is 9.86. The van der Waals surface area contributed by atoms with Crippen LogP contribution in [0.2, 0.25) is 0 Å². The average Bonchev–Trinajstić information content (AvgIpc) is 2.57. The molecule has 1 fully saturated rings. The van der Waals surface area contributed by atoms with Gasteiger partial charge >= 0.3 is 0 Å². The number of benzene rings is 1. The van der Waals surface area contributed by atoms with E-state index >= 15 is 0 Å². The summed E-state index contributed by atoms with van der Waals surface area (Å²) >= 11 is 0. The zero-order valence-corrected chi connectivity index (χ0v) is 17.2. The molecule has 1 heterocycles. The van der Waals surface area contributed by atoms with Gasteiger partial charge in [0, 0.05) is 5.69 Å². The van der Waals surface area contributed by atoms with E-state index in [0.717, 1.165) is 23.6 Å². The summed E-state index contributed by atoms with van der Waals surface area (Å²) in [5.41, 5.74) is 1.80. The van der Waals surface area contributed by atoms with Crippen molar-refractivity contribution in [2.75, 3.05) is 12.0 Å². The van der Waals surface area contributed by atoms with Crippen LogP contribution >= 0.6 is 0 Å². The zero-order chi connectivity index (χ0) is 19.4. The monoisotopic (exact) mass is 358 g/mol. The van der Waals surface area contributed by atoms with Crippen molar-refractivity contribution in [3.8, 4) is 5.75 Å². The highest BCUT2D eigenvalue weighted by Gasteiger charge is 2.40. The van der Waals surface area contributed by atoms with Crippen LogP contribution in [0, 0.1) is 17.8 Å². The Kier molecular flexibility index (Phi) is 6.74. The third kappa shape index (κ3) is 4.60. The van der Waals surface area contributed by atoms with Crippen LogP contribution in [0.15, 0.2) is 36.0 Å². The molecule has 1 saturated heterocycles. The number of ether oxygens (including phenoxy) is 1. The van der Waals surface area contributed by atoms with Crippen molar-refractivity contribution in [2.45, 2.75) is 60.0 Å². The van der Waals surface area contributed by atoms with Gasteiger partial charge in [0.15, 0.2) is 0 Å². The van der Waals surface area contributed by atoms with Gasteiger partial charge in [-0.25, -0.2) is 0 Å². The van der Waals surface area contributed by atoms with Crippen molar-refractivity contribution in [1.29, 1.82) is 0 Å². The second-order valence-electron chi connectivity index (χ2n) is 8.30. The number of allylic oxidation sites excluding steroid dienone is 1. The predicted molar refractivity (Wildman–Crippen MR) is 108 cm³/mol. The van der Waals surface area contributed by atoms with Crippen LogP contribution in [-0.2, 0) is 4.79 Å². The minimum atomic E-state index is 0.0215. The van der Waals surface area contributed by atoms with E-state index in [-0.39, 0.29) is 18.0 Å². The highest BCUT2D eigenvalue weighted by atomic mass is 16.5. The molecular formula is C22H34N2O2. The molecule has 144 valence electrons. The number of carbonyl (C=O) groups excluding carboxylic acids is 1. The zero-order valence-electron chi connectivity index (χ0n) is 17.2. The molecule has 0 radical (unpaired) electrons. The number of amides is 1. The van der Waals surface area contributed by atoms with Gasteiger partial charge in [0.2, 0.25) is 0 Å². The molecule has 0 aliphatic carbocycles. The lowest BCUT2D eigenvalue weighted by Crippen LogP contribution is -2.61. The molecular weight excluding hydrogens is 324 g/mol. The van der Waals surface area contributed by atoms with E-state index < -0.39 is 0 Å². The van der Waals surface area contributed by atoms with Crippen LogP contribution in [0.1, 0.15) is 48.0 Å². The van der Waals surface area contributed by atoms with Crippen molar-refractivity contribution in [2.24, 2.45) is 17.8 Å². The largest absolute Gasteiger partial charge is 0.497 e. The first-order valence-corrected chi connectivity index (χ1v) is 9.70. The Bertz CT molecular complexity index is 632. The maximum absolute atomic E-state index is 12.9. The summed E-state index contributed by atoms with van der Waals surface area (Å²) in [4.78, 5) is 15.2. The topological polar surface area (TPSA) is 41.6 Å². The number of hydrogen-bond acceptors (Lipinski definition) is 3. The Labute approximate surface area is 158 Å². The molecule has 1 aromatic carbocycles. The summed E-state index contributed by atoms with van der Waals surface area (Å²) in [5, 5.41) is 3.28. The molecule has 1 aliphatic heterocycles. The molecule has 0 aromatic heterocycles. The molecule has 1 aromatic rings. The number of nitrogens with zero attached hydrogens (tertiary/aromatic N) is 1. The van der Waals surface area contributed by atoms with E-state index in [9.17, 15) is 4.79 Å². The van der Waals surface area contributed by atoms with Crippen LogP contribution in [0.4, 0.5) is 5.69 Å². The van der Waals surface area contributed by atoms with Gasteiger partial charge in [-0.05, 0) is 48.4 Å². The van der Waals surface area contributed by atoms with E-state index in [0.29, 0.717) is 17.8 Å².